The summed E-state index contributed by atoms with van der Waals surface area (Å²) in [6.07, 6.45) is 0.827. The summed E-state index contributed by atoms with van der Waals surface area (Å²) in [5, 5.41) is 9.16. The maximum atomic E-state index is 12.4. The summed E-state index contributed by atoms with van der Waals surface area (Å²) >= 11 is 0. The van der Waals surface area contributed by atoms with Crippen molar-refractivity contribution in [1.82, 2.24) is 9.80 Å². The Kier molecular flexibility index (Phi) is 4.97. The first-order valence-electron chi connectivity index (χ1n) is 6.74. The topological polar surface area (TPSA) is 104 Å². The van der Waals surface area contributed by atoms with E-state index in [4.69, 9.17) is 10.8 Å². The van der Waals surface area contributed by atoms with Crippen molar-refractivity contribution in [3.63, 3.8) is 0 Å². The van der Waals surface area contributed by atoms with Gasteiger partial charge in [-0.3, -0.25) is 9.59 Å². The molecule has 0 aromatic heterocycles. The number of carbonyl (C=O) groups is 3. The van der Waals surface area contributed by atoms with Crippen LogP contribution in [0.3, 0.4) is 0 Å². The van der Waals surface area contributed by atoms with Crippen LogP contribution >= 0.6 is 0 Å². The van der Waals surface area contributed by atoms with E-state index in [-0.39, 0.29) is 18.6 Å². The maximum Gasteiger partial charge on any atom is 0.320 e. The molecule has 1 aliphatic heterocycles. The number of amides is 3. The van der Waals surface area contributed by atoms with Crippen molar-refractivity contribution >= 4 is 17.9 Å². The van der Waals surface area contributed by atoms with Crippen LogP contribution in [0, 0.1) is 5.41 Å². The highest BCUT2D eigenvalue weighted by molar-refractivity contribution is 5.83. The molecule has 0 radical (unpaired) electrons. The van der Waals surface area contributed by atoms with Crippen molar-refractivity contribution in [3.8, 4) is 0 Å². The van der Waals surface area contributed by atoms with Crippen LogP contribution in [0.2, 0.25) is 0 Å². The third kappa shape index (κ3) is 3.61. The van der Waals surface area contributed by atoms with Crippen LogP contribution in [0.15, 0.2) is 0 Å². The molecule has 114 valence electrons. The molecule has 0 spiro atoms. The lowest BCUT2D eigenvalue weighted by atomic mass is 9.80. The van der Waals surface area contributed by atoms with Crippen molar-refractivity contribution in [2.24, 2.45) is 11.1 Å². The Balaban J connectivity index is 2.69. The lowest BCUT2D eigenvalue weighted by Gasteiger charge is -2.39. The Hall–Kier alpha value is -1.79. The number of rotatable bonds is 4. The summed E-state index contributed by atoms with van der Waals surface area (Å²) in [5.41, 5.74) is 4.38. The number of hydrogen-bond donors (Lipinski definition) is 2. The van der Waals surface area contributed by atoms with E-state index in [1.807, 2.05) is 13.8 Å². The molecule has 0 saturated carbocycles. The highest BCUT2D eigenvalue weighted by Gasteiger charge is 2.39. The summed E-state index contributed by atoms with van der Waals surface area (Å²) < 4.78 is 0. The number of carboxylic acids is 1. The largest absolute Gasteiger partial charge is 0.481 e. The second-order valence-electron chi connectivity index (χ2n) is 5.82. The van der Waals surface area contributed by atoms with Gasteiger partial charge in [-0.1, -0.05) is 0 Å². The minimum Gasteiger partial charge on any atom is -0.481 e. The lowest BCUT2D eigenvalue weighted by molar-refractivity contribution is -0.150. The quantitative estimate of drug-likeness (QED) is 0.784. The van der Waals surface area contributed by atoms with E-state index in [1.54, 1.807) is 11.8 Å². The van der Waals surface area contributed by atoms with Crippen molar-refractivity contribution in [2.75, 3.05) is 19.6 Å². The molecule has 0 aromatic carbocycles. The smallest absolute Gasteiger partial charge is 0.320 e. The fourth-order valence-corrected chi connectivity index (χ4v) is 2.23. The first kappa shape index (κ1) is 16.3. The Bertz CT molecular complexity index is 400. The number of hydrogen-bond acceptors (Lipinski definition) is 3. The minimum atomic E-state index is -0.831. The molecule has 20 heavy (non-hydrogen) atoms. The molecule has 1 saturated heterocycles. The molecule has 0 aromatic rings. The molecule has 1 aliphatic rings. The van der Waals surface area contributed by atoms with Crippen LogP contribution < -0.4 is 5.73 Å². The van der Waals surface area contributed by atoms with Gasteiger partial charge >= 0.3 is 12.0 Å². The predicted octanol–water partition coefficient (Wildman–Crippen LogP) is 0.489. The lowest BCUT2D eigenvalue weighted by Crippen LogP contribution is -2.53. The van der Waals surface area contributed by atoms with Crippen molar-refractivity contribution in [2.45, 2.75) is 39.7 Å². The van der Waals surface area contributed by atoms with Crippen molar-refractivity contribution in [1.29, 1.82) is 0 Å². The first-order valence-corrected chi connectivity index (χ1v) is 6.74. The van der Waals surface area contributed by atoms with E-state index in [2.05, 4.69) is 0 Å². The van der Waals surface area contributed by atoms with Crippen LogP contribution in [0.25, 0.3) is 0 Å². The zero-order valence-electron chi connectivity index (χ0n) is 12.3. The molecule has 7 nitrogen and oxygen atoms in total. The number of carbonyl (C=O) groups excluding carboxylic acids is 2. The average molecular weight is 285 g/mol. The molecule has 0 aliphatic carbocycles. The first-order chi connectivity index (χ1) is 9.17. The zero-order chi connectivity index (χ0) is 15.5. The van der Waals surface area contributed by atoms with Gasteiger partial charge in [-0.2, -0.15) is 0 Å². The van der Waals surface area contributed by atoms with Gasteiger partial charge in [0, 0.05) is 19.1 Å². The van der Waals surface area contributed by atoms with Gasteiger partial charge in [-0.05, 0) is 33.6 Å². The molecule has 0 atom stereocenters. The molecular formula is C13H23N3O4. The van der Waals surface area contributed by atoms with Gasteiger partial charge in [-0.15, -0.1) is 0 Å². The fraction of sp³-hybridized carbons (Fsp3) is 0.769. The predicted molar refractivity (Wildman–Crippen MR) is 73.0 cm³/mol. The van der Waals surface area contributed by atoms with Gasteiger partial charge < -0.3 is 20.6 Å². The van der Waals surface area contributed by atoms with Gasteiger partial charge in [0.05, 0.1) is 5.41 Å². The van der Waals surface area contributed by atoms with Crippen molar-refractivity contribution in [3.05, 3.63) is 0 Å². The van der Waals surface area contributed by atoms with Gasteiger partial charge in [0.15, 0.2) is 0 Å². The number of urea groups is 1. The van der Waals surface area contributed by atoms with E-state index in [0.717, 1.165) is 0 Å². The summed E-state index contributed by atoms with van der Waals surface area (Å²) in [6, 6.07) is -0.394. The summed E-state index contributed by atoms with van der Waals surface area (Å²) in [7, 11) is 0. The zero-order valence-corrected chi connectivity index (χ0v) is 12.3. The van der Waals surface area contributed by atoms with Crippen LogP contribution in [0.1, 0.15) is 33.6 Å². The normalized spacial score (nSPS) is 17.9. The van der Waals surface area contributed by atoms with Gasteiger partial charge in [0.2, 0.25) is 5.91 Å². The highest BCUT2D eigenvalue weighted by atomic mass is 16.4. The highest BCUT2D eigenvalue weighted by Crippen LogP contribution is 2.31. The molecule has 1 heterocycles. The van der Waals surface area contributed by atoms with Crippen LogP contribution in [-0.4, -0.2) is 58.5 Å². The van der Waals surface area contributed by atoms with Crippen LogP contribution in [-0.2, 0) is 9.59 Å². The molecule has 1 rings (SSSR count). The Morgan fingerprint density at radius 1 is 1.30 bits per heavy atom. The fourth-order valence-electron chi connectivity index (χ4n) is 2.23. The minimum absolute atomic E-state index is 0.122. The number of aliphatic carboxylic acids is 1. The second-order valence-corrected chi connectivity index (χ2v) is 5.82. The number of nitrogens with two attached hydrogens (primary N) is 1. The van der Waals surface area contributed by atoms with Crippen LogP contribution in [0.5, 0.6) is 0 Å². The molecule has 1 fully saturated rings. The van der Waals surface area contributed by atoms with Gasteiger partial charge in [0.1, 0.15) is 6.54 Å². The third-order valence-corrected chi connectivity index (χ3v) is 3.85. The number of likely N-dealkylation sites (tertiary alicyclic amines) is 1. The molecule has 3 N–H and O–H groups in total. The maximum absolute atomic E-state index is 12.4. The second kappa shape index (κ2) is 6.11. The van der Waals surface area contributed by atoms with E-state index < -0.39 is 17.3 Å². The Morgan fingerprint density at radius 3 is 2.15 bits per heavy atom. The Labute approximate surface area is 118 Å². The molecular weight excluding hydrogens is 262 g/mol. The molecule has 0 unspecified atom stereocenters. The standard InChI is InChI=1S/C13H23N3O4/c1-9(2)16(8-10(14)17)12(20)15-6-4-13(3,5-7-15)11(18)19/h9H,4-8H2,1-3H3,(H2,14,17)(H,18,19). The number of carboxylic acid groups (broad SMARTS) is 1. The molecule has 0 bridgehead atoms. The summed E-state index contributed by atoms with van der Waals surface area (Å²) in [6.45, 7) is 5.95. The third-order valence-electron chi connectivity index (χ3n) is 3.85. The van der Waals surface area contributed by atoms with Gasteiger partial charge in [0.25, 0.3) is 0 Å². The number of piperidine rings is 1. The van der Waals surface area contributed by atoms with Crippen LogP contribution in [0.4, 0.5) is 4.79 Å². The molecule has 7 heteroatoms. The van der Waals surface area contributed by atoms with E-state index in [0.29, 0.717) is 25.9 Å². The SMILES string of the molecule is CC(C)N(CC(N)=O)C(=O)N1CCC(C)(C(=O)O)CC1. The number of primary amides is 1. The van der Waals surface area contributed by atoms with Gasteiger partial charge in [-0.25, -0.2) is 4.79 Å². The average Bonchev–Trinajstić information content (AvgIpc) is 2.35. The van der Waals surface area contributed by atoms with Crippen molar-refractivity contribution < 1.29 is 19.5 Å². The summed E-state index contributed by atoms with van der Waals surface area (Å²) in [5.74, 6) is -1.39. The van der Waals surface area contributed by atoms with E-state index >= 15 is 0 Å². The summed E-state index contributed by atoms with van der Waals surface area (Å²) in [4.78, 5) is 37.5. The monoisotopic (exact) mass is 285 g/mol. The molecule has 3 amide bonds. The van der Waals surface area contributed by atoms with E-state index in [1.165, 1.54) is 4.90 Å². The number of nitrogens with zero attached hydrogens (tertiary/aromatic N) is 2. The Morgan fingerprint density at radius 2 is 1.80 bits per heavy atom. The van der Waals surface area contributed by atoms with E-state index in [9.17, 15) is 14.4 Å².